The van der Waals surface area contributed by atoms with Crippen molar-refractivity contribution in [3.05, 3.63) is 35.7 Å². The highest BCUT2D eigenvalue weighted by molar-refractivity contribution is 7.89. The van der Waals surface area contributed by atoms with Gasteiger partial charge in [0.15, 0.2) is 0 Å². The van der Waals surface area contributed by atoms with Crippen molar-refractivity contribution in [1.82, 2.24) is 15.0 Å². The van der Waals surface area contributed by atoms with Gasteiger partial charge in [-0.25, -0.2) is 18.2 Å². The summed E-state index contributed by atoms with van der Waals surface area (Å²) in [5.74, 6) is 0. The normalized spacial score (nSPS) is 11.7. The third-order valence-electron chi connectivity index (χ3n) is 2.78. The lowest BCUT2D eigenvalue weighted by molar-refractivity contribution is 0.597. The molecular formula is C11H15N5O2S. The Morgan fingerprint density at radius 2 is 1.89 bits per heavy atom. The fourth-order valence-electron chi connectivity index (χ4n) is 1.83. The fourth-order valence-corrected chi connectivity index (χ4v) is 2.35. The fraction of sp³-hybridized carbons (Fsp3) is 0.273. The second-order valence-corrected chi connectivity index (χ2v) is 5.55. The van der Waals surface area contributed by atoms with Gasteiger partial charge in [0, 0.05) is 6.54 Å². The molecule has 0 saturated heterocycles. The topological polar surface area (TPSA) is 117 Å². The van der Waals surface area contributed by atoms with E-state index in [0.29, 0.717) is 6.54 Å². The van der Waals surface area contributed by atoms with Gasteiger partial charge in [0.25, 0.3) is 0 Å². The van der Waals surface area contributed by atoms with Crippen LogP contribution < -0.4 is 10.9 Å². The van der Waals surface area contributed by atoms with Crippen molar-refractivity contribution in [1.29, 1.82) is 0 Å². The van der Waals surface area contributed by atoms with Gasteiger partial charge in [0.2, 0.25) is 10.0 Å². The van der Waals surface area contributed by atoms with Gasteiger partial charge in [-0.1, -0.05) is 12.1 Å². The van der Waals surface area contributed by atoms with E-state index in [1.54, 1.807) is 16.8 Å². The average molecular weight is 281 g/mol. The summed E-state index contributed by atoms with van der Waals surface area (Å²) in [6.07, 6.45) is 0.733. The minimum absolute atomic E-state index is 0.0634. The number of hydrogen-bond acceptors (Lipinski definition) is 5. The van der Waals surface area contributed by atoms with Crippen LogP contribution in [0.25, 0.3) is 5.69 Å². The van der Waals surface area contributed by atoms with E-state index in [2.05, 4.69) is 10.3 Å². The Morgan fingerprint density at radius 1 is 1.26 bits per heavy atom. The minimum Gasteiger partial charge on any atom is -0.325 e. The van der Waals surface area contributed by atoms with E-state index in [1.165, 1.54) is 12.1 Å². The Bertz CT molecular complexity index is 676. The number of benzene rings is 1. The largest absolute Gasteiger partial charge is 0.325 e. The van der Waals surface area contributed by atoms with E-state index in [-0.39, 0.29) is 4.90 Å². The van der Waals surface area contributed by atoms with Gasteiger partial charge in [0.1, 0.15) is 0 Å². The first kappa shape index (κ1) is 13.7. The van der Waals surface area contributed by atoms with Crippen LogP contribution in [0.4, 0.5) is 0 Å². The molecule has 2 rings (SSSR count). The van der Waals surface area contributed by atoms with Gasteiger partial charge in [0.05, 0.1) is 22.0 Å². The predicted molar refractivity (Wildman–Crippen MR) is 70.0 cm³/mol. The molecule has 0 aliphatic carbocycles. The molecule has 0 bridgehead atoms. The van der Waals surface area contributed by atoms with Crippen LogP contribution in [0.15, 0.2) is 29.2 Å². The summed E-state index contributed by atoms with van der Waals surface area (Å²) in [4.78, 5) is 0.0634. The second-order valence-electron chi connectivity index (χ2n) is 3.99. The number of sulfonamides is 1. The van der Waals surface area contributed by atoms with E-state index in [1.807, 2.05) is 6.92 Å². The maximum Gasteiger partial charge on any atom is 0.238 e. The van der Waals surface area contributed by atoms with Crippen molar-refractivity contribution in [2.24, 2.45) is 10.9 Å². The first-order valence-electron chi connectivity index (χ1n) is 5.74. The highest BCUT2D eigenvalue weighted by Crippen LogP contribution is 2.15. The minimum atomic E-state index is -3.68. The van der Waals surface area contributed by atoms with E-state index in [4.69, 9.17) is 10.9 Å². The third-order valence-corrected chi connectivity index (χ3v) is 3.71. The molecule has 7 nitrogen and oxygen atoms in total. The van der Waals surface area contributed by atoms with Gasteiger partial charge in [-0.3, -0.25) is 0 Å². The SMILES string of the molecule is CCc1c(CN)nnn1-c1ccc(S(N)(=O)=O)cc1. The summed E-state index contributed by atoms with van der Waals surface area (Å²) >= 11 is 0. The highest BCUT2D eigenvalue weighted by atomic mass is 32.2. The molecule has 0 amide bonds. The van der Waals surface area contributed by atoms with Crippen molar-refractivity contribution in [2.45, 2.75) is 24.8 Å². The standard InChI is InChI=1S/C11H15N5O2S/c1-2-11-10(7-12)14-15-16(11)8-3-5-9(6-4-8)19(13,17)18/h3-6H,2,7,12H2,1H3,(H2,13,17,18). The Hall–Kier alpha value is -1.77. The van der Waals surface area contributed by atoms with Crippen molar-refractivity contribution >= 4 is 10.0 Å². The van der Waals surface area contributed by atoms with Crippen LogP contribution in [0.3, 0.4) is 0 Å². The van der Waals surface area contributed by atoms with Gasteiger partial charge in [-0.05, 0) is 30.7 Å². The Balaban J connectivity index is 2.46. The van der Waals surface area contributed by atoms with E-state index < -0.39 is 10.0 Å². The molecule has 0 unspecified atom stereocenters. The summed E-state index contributed by atoms with van der Waals surface area (Å²) in [6, 6.07) is 6.14. The molecule has 19 heavy (non-hydrogen) atoms. The van der Waals surface area contributed by atoms with Crippen molar-refractivity contribution in [3.63, 3.8) is 0 Å². The van der Waals surface area contributed by atoms with Crippen LogP contribution in [0, 0.1) is 0 Å². The summed E-state index contributed by atoms with van der Waals surface area (Å²) in [6.45, 7) is 2.30. The molecule has 0 aliphatic heterocycles. The molecule has 0 aliphatic rings. The number of rotatable bonds is 4. The highest BCUT2D eigenvalue weighted by Gasteiger charge is 2.12. The summed E-state index contributed by atoms with van der Waals surface area (Å²) in [5, 5.41) is 13.1. The van der Waals surface area contributed by atoms with Crippen LogP contribution in [0.2, 0.25) is 0 Å². The number of primary sulfonamides is 1. The lowest BCUT2D eigenvalue weighted by Gasteiger charge is -2.06. The molecule has 8 heteroatoms. The van der Waals surface area contributed by atoms with E-state index in [9.17, 15) is 8.42 Å². The molecule has 102 valence electrons. The zero-order chi connectivity index (χ0) is 14.0. The number of hydrogen-bond donors (Lipinski definition) is 2. The number of aromatic nitrogens is 3. The zero-order valence-electron chi connectivity index (χ0n) is 10.4. The average Bonchev–Trinajstić information content (AvgIpc) is 2.80. The van der Waals surface area contributed by atoms with Crippen molar-refractivity contribution in [3.8, 4) is 5.69 Å². The van der Waals surface area contributed by atoms with Crippen LogP contribution in [0.1, 0.15) is 18.3 Å². The van der Waals surface area contributed by atoms with Crippen LogP contribution >= 0.6 is 0 Å². The molecule has 1 aromatic carbocycles. The van der Waals surface area contributed by atoms with Crippen molar-refractivity contribution in [2.75, 3.05) is 0 Å². The lowest BCUT2D eigenvalue weighted by atomic mass is 10.2. The molecule has 1 heterocycles. The lowest BCUT2D eigenvalue weighted by Crippen LogP contribution is -2.12. The summed E-state index contributed by atoms with van der Waals surface area (Å²) in [7, 11) is -3.68. The number of nitrogens with zero attached hydrogens (tertiary/aromatic N) is 3. The maximum absolute atomic E-state index is 11.2. The number of nitrogens with two attached hydrogens (primary N) is 2. The van der Waals surface area contributed by atoms with Gasteiger partial charge in [-0.15, -0.1) is 5.10 Å². The third kappa shape index (κ3) is 2.65. The van der Waals surface area contributed by atoms with Crippen LogP contribution in [-0.2, 0) is 23.0 Å². The zero-order valence-corrected chi connectivity index (χ0v) is 11.3. The summed E-state index contributed by atoms with van der Waals surface area (Å²) in [5.41, 5.74) is 7.95. The maximum atomic E-state index is 11.2. The van der Waals surface area contributed by atoms with E-state index >= 15 is 0 Å². The molecule has 1 aromatic heterocycles. The molecule has 0 saturated carbocycles. The molecule has 0 fully saturated rings. The Morgan fingerprint density at radius 3 is 2.37 bits per heavy atom. The van der Waals surface area contributed by atoms with Gasteiger partial charge >= 0.3 is 0 Å². The van der Waals surface area contributed by atoms with Gasteiger partial charge < -0.3 is 5.73 Å². The molecule has 0 radical (unpaired) electrons. The first-order valence-corrected chi connectivity index (χ1v) is 7.28. The second kappa shape index (κ2) is 5.08. The Kier molecular flexibility index (Phi) is 3.65. The van der Waals surface area contributed by atoms with E-state index in [0.717, 1.165) is 23.5 Å². The Labute approximate surface area is 111 Å². The molecular weight excluding hydrogens is 266 g/mol. The molecule has 0 atom stereocenters. The quantitative estimate of drug-likeness (QED) is 0.814. The van der Waals surface area contributed by atoms with Crippen LogP contribution in [0.5, 0.6) is 0 Å². The van der Waals surface area contributed by atoms with Crippen LogP contribution in [-0.4, -0.2) is 23.4 Å². The summed E-state index contributed by atoms with van der Waals surface area (Å²) < 4.78 is 24.0. The van der Waals surface area contributed by atoms with Gasteiger partial charge in [-0.2, -0.15) is 0 Å². The molecule has 4 N–H and O–H groups in total. The molecule has 2 aromatic rings. The molecule has 0 spiro atoms. The predicted octanol–water partition coefficient (Wildman–Crippen LogP) is -0.0642. The smallest absolute Gasteiger partial charge is 0.238 e. The monoisotopic (exact) mass is 281 g/mol. The van der Waals surface area contributed by atoms with Crippen molar-refractivity contribution < 1.29 is 8.42 Å². The first-order chi connectivity index (χ1) is 8.97.